The van der Waals surface area contributed by atoms with E-state index in [9.17, 15) is 30.0 Å². The van der Waals surface area contributed by atoms with Crippen LogP contribution in [0.25, 0.3) is 0 Å². The van der Waals surface area contributed by atoms with Crippen molar-refractivity contribution in [3.63, 3.8) is 0 Å². The summed E-state index contributed by atoms with van der Waals surface area (Å²) in [7, 11) is -10.8. The summed E-state index contributed by atoms with van der Waals surface area (Å²) in [6.45, 7) is 2.50. The lowest BCUT2D eigenvalue weighted by molar-refractivity contribution is -0.0441. The van der Waals surface area contributed by atoms with Crippen molar-refractivity contribution in [3.05, 3.63) is 48.5 Å². The van der Waals surface area contributed by atoms with E-state index in [0.717, 1.165) is 21.9 Å². The zero-order valence-electron chi connectivity index (χ0n) is 15.9. The minimum atomic E-state index is -6.01. The normalized spacial score (nSPS) is 14.4. The molecule has 0 saturated carbocycles. The van der Waals surface area contributed by atoms with Crippen LogP contribution in [0.5, 0.6) is 0 Å². The largest absolute Gasteiger partial charge is 0.512 e. The van der Waals surface area contributed by atoms with Gasteiger partial charge in [-0.3, -0.25) is 0 Å². The maximum absolute atomic E-state index is 12.5. The lowest BCUT2D eigenvalue weighted by Crippen LogP contribution is -2.43. The fraction of sp³-hybridized carbons (Fsp3) is 0.333. The van der Waals surface area contributed by atoms with Crippen LogP contribution in [0.3, 0.4) is 0 Å². The van der Waals surface area contributed by atoms with Gasteiger partial charge in [-0.25, -0.2) is 16.8 Å². The second-order valence-corrected chi connectivity index (χ2v) is 10.4. The smallest absolute Gasteiger partial charge is 0.338 e. The van der Waals surface area contributed by atoms with Gasteiger partial charge in [-0.2, -0.15) is 13.2 Å². The van der Waals surface area contributed by atoms with Crippen LogP contribution in [0.2, 0.25) is 0 Å². The molecule has 7 nitrogen and oxygen atoms in total. The Hall–Kier alpha value is -2.31. The Bertz CT molecular complexity index is 1090. The Balaban J connectivity index is 1.93. The van der Waals surface area contributed by atoms with Crippen LogP contribution in [0, 0.1) is 0 Å². The average molecular weight is 464 g/mol. The third-order valence-corrected chi connectivity index (χ3v) is 7.72. The minimum Gasteiger partial charge on any atom is -0.338 e. The van der Waals surface area contributed by atoms with Crippen LogP contribution in [-0.4, -0.2) is 41.2 Å². The highest BCUT2D eigenvalue weighted by Crippen LogP contribution is 2.47. The molecule has 0 atom stereocenters. The maximum atomic E-state index is 12.5. The molecule has 1 N–H and O–H groups in total. The van der Waals surface area contributed by atoms with Crippen molar-refractivity contribution in [3.8, 4) is 0 Å². The van der Waals surface area contributed by atoms with Gasteiger partial charge in [0.05, 0.1) is 28.5 Å². The number of rotatable bonds is 7. The zero-order chi connectivity index (χ0) is 22.2. The molecule has 2 aromatic carbocycles. The summed E-state index contributed by atoms with van der Waals surface area (Å²) in [5, 5.41) is 0. The van der Waals surface area contributed by atoms with Crippen LogP contribution in [0.1, 0.15) is 13.3 Å². The first-order valence-electron chi connectivity index (χ1n) is 9.02. The number of fused-ring (bicyclic) bond motifs is 2. The molecule has 1 heterocycles. The molecule has 1 aliphatic rings. The quantitative estimate of drug-likeness (QED) is 0.677. The molecule has 0 radical (unpaired) electrons. The number of benzene rings is 2. The molecular formula is C18H20F3N3O4S2. The van der Waals surface area contributed by atoms with Gasteiger partial charge in [-0.1, -0.05) is 31.2 Å². The molecule has 0 aliphatic carbocycles. The maximum Gasteiger partial charge on any atom is 0.512 e. The van der Waals surface area contributed by atoms with E-state index >= 15 is 0 Å². The molecular weight excluding hydrogens is 443 g/mol. The van der Waals surface area contributed by atoms with Crippen molar-refractivity contribution in [1.29, 1.82) is 0 Å². The van der Waals surface area contributed by atoms with Crippen LogP contribution in [0.4, 0.5) is 35.9 Å². The van der Waals surface area contributed by atoms with Crippen LogP contribution < -0.4 is 13.9 Å². The molecule has 164 valence electrons. The van der Waals surface area contributed by atoms with Gasteiger partial charge in [-0.05, 0) is 30.7 Å². The number of nitrogens with zero attached hydrogens (tertiary/aromatic N) is 2. The number of nitrogens with one attached hydrogen (secondary N) is 1. The molecule has 0 aromatic heterocycles. The fourth-order valence-electron chi connectivity index (χ4n) is 3.27. The molecule has 0 unspecified atom stereocenters. The fourth-order valence-corrected chi connectivity index (χ4v) is 5.75. The van der Waals surface area contributed by atoms with E-state index in [2.05, 4.69) is 4.90 Å². The summed E-state index contributed by atoms with van der Waals surface area (Å²) in [5.74, 6) is -0.848. The Morgan fingerprint density at radius 3 is 1.57 bits per heavy atom. The van der Waals surface area contributed by atoms with Gasteiger partial charge in [0.2, 0.25) is 10.0 Å². The molecule has 2 aromatic rings. The van der Waals surface area contributed by atoms with Gasteiger partial charge in [-0.15, -0.1) is 4.13 Å². The summed E-state index contributed by atoms with van der Waals surface area (Å²) < 4.78 is 85.0. The highest BCUT2D eigenvalue weighted by molar-refractivity contribution is 8.05. The van der Waals surface area contributed by atoms with Crippen LogP contribution >= 0.6 is 0 Å². The van der Waals surface area contributed by atoms with Crippen molar-refractivity contribution in [2.24, 2.45) is 0 Å². The number of halogens is 3. The Kier molecular flexibility index (Phi) is 6.03. The molecule has 12 heteroatoms. The van der Waals surface area contributed by atoms with Gasteiger partial charge in [0.15, 0.2) is 0 Å². The van der Waals surface area contributed by atoms with Gasteiger partial charge in [0, 0.05) is 13.1 Å². The SMILES string of the molecule is CCCN1c2ccccc2N(CCS(=O)(=O)NS(=O)(=O)C(F)(F)F)c2ccccc21. The van der Waals surface area contributed by atoms with Crippen LogP contribution in [-0.2, 0) is 20.0 Å². The first-order valence-corrected chi connectivity index (χ1v) is 12.2. The van der Waals surface area contributed by atoms with E-state index < -0.39 is 31.3 Å². The van der Waals surface area contributed by atoms with Crippen LogP contribution in [0.15, 0.2) is 48.5 Å². The van der Waals surface area contributed by atoms with Crippen molar-refractivity contribution < 1.29 is 30.0 Å². The number of alkyl halides is 3. The predicted molar refractivity (Wildman–Crippen MR) is 109 cm³/mol. The third-order valence-electron chi connectivity index (χ3n) is 4.50. The monoisotopic (exact) mass is 463 g/mol. The second-order valence-electron chi connectivity index (χ2n) is 6.63. The predicted octanol–water partition coefficient (Wildman–Crippen LogP) is 3.46. The van der Waals surface area contributed by atoms with Gasteiger partial charge in [0.25, 0.3) is 0 Å². The molecule has 3 rings (SSSR count). The van der Waals surface area contributed by atoms with Crippen molar-refractivity contribution in [1.82, 2.24) is 4.13 Å². The Labute approximate surface area is 173 Å². The van der Waals surface area contributed by atoms with Gasteiger partial charge >= 0.3 is 15.5 Å². The lowest BCUT2D eigenvalue weighted by atomic mass is 10.1. The highest BCUT2D eigenvalue weighted by Gasteiger charge is 2.48. The molecule has 0 spiro atoms. The second kappa shape index (κ2) is 8.08. The third kappa shape index (κ3) is 4.40. The number of hydrogen-bond acceptors (Lipinski definition) is 6. The van der Waals surface area contributed by atoms with E-state index in [4.69, 9.17) is 0 Å². The summed E-state index contributed by atoms with van der Waals surface area (Å²) >= 11 is 0. The molecule has 0 bridgehead atoms. The summed E-state index contributed by atoms with van der Waals surface area (Å²) in [6, 6.07) is 14.5. The van der Waals surface area contributed by atoms with E-state index in [1.807, 2.05) is 31.2 Å². The van der Waals surface area contributed by atoms with E-state index in [-0.39, 0.29) is 6.54 Å². The number of hydrogen-bond donors (Lipinski definition) is 1. The molecule has 1 aliphatic heterocycles. The van der Waals surface area contributed by atoms with E-state index in [0.29, 0.717) is 17.9 Å². The highest BCUT2D eigenvalue weighted by atomic mass is 32.3. The average Bonchev–Trinajstić information content (AvgIpc) is 2.65. The van der Waals surface area contributed by atoms with E-state index in [1.165, 1.54) is 0 Å². The Morgan fingerprint density at radius 2 is 1.20 bits per heavy atom. The Morgan fingerprint density at radius 1 is 0.800 bits per heavy atom. The number of anilines is 4. The number of para-hydroxylation sites is 4. The van der Waals surface area contributed by atoms with Crippen molar-refractivity contribution in [2.75, 3.05) is 28.6 Å². The molecule has 0 saturated heterocycles. The van der Waals surface area contributed by atoms with Crippen molar-refractivity contribution >= 4 is 42.8 Å². The molecule has 0 amide bonds. The lowest BCUT2D eigenvalue weighted by Gasteiger charge is -2.40. The van der Waals surface area contributed by atoms with Gasteiger partial charge < -0.3 is 9.80 Å². The standard InChI is InChI=1S/C18H20F3N3O4S2/c1-2-11-23-14-7-3-5-9-16(14)24(17-10-6-4-8-15(17)23)12-13-29(25,26)22-30(27,28)18(19,20)21/h3-10,22H,2,11-13H2,1H3. The first-order chi connectivity index (χ1) is 14.0. The summed E-state index contributed by atoms with van der Waals surface area (Å²) in [5.41, 5.74) is -2.71. The molecule has 30 heavy (non-hydrogen) atoms. The topological polar surface area (TPSA) is 86.8 Å². The zero-order valence-corrected chi connectivity index (χ0v) is 17.6. The summed E-state index contributed by atoms with van der Waals surface area (Å²) in [4.78, 5) is 3.75. The summed E-state index contributed by atoms with van der Waals surface area (Å²) in [6.07, 6.45) is 0.857. The van der Waals surface area contributed by atoms with Gasteiger partial charge in [0.1, 0.15) is 0 Å². The number of sulfonamides is 2. The molecule has 0 fully saturated rings. The first kappa shape index (κ1) is 22.4. The van der Waals surface area contributed by atoms with Crippen molar-refractivity contribution in [2.45, 2.75) is 18.9 Å². The van der Waals surface area contributed by atoms with E-state index in [1.54, 1.807) is 29.2 Å². The minimum absolute atomic E-state index is 0.239.